The minimum Gasteiger partial charge on any atom is -0.380 e. The summed E-state index contributed by atoms with van der Waals surface area (Å²) in [4.78, 5) is 11.8. The standard InChI is InChI=1S/C19H24N2O2/c1-14-4-3-5-17(10-14)16-8-6-15(7-9-16)13-21-19(22)11-18(12-20)23-2/h3-10,18H,11-13,20H2,1-2H3,(H,21,22). The van der Waals surface area contributed by atoms with Gasteiger partial charge in [0.2, 0.25) is 5.91 Å². The number of benzene rings is 2. The molecule has 1 unspecified atom stereocenters. The van der Waals surface area contributed by atoms with E-state index in [-0.39, 0.29) is 18.4 Å². The van der Waals surface area contributed by atoms with Gasteiger partial charge < -0.3 is 15.8 Å². The summed E-state index contributed by atoms with van der Waals surface area (Å²) >= 11 is 0. The van der Waals surface area contributed by atoms with Gasteiger partial charge in [-0.2, -0.15) is 0 Å². The van der Waals surface area contributed by atoms with Crippen molar-refractivity contribution < 1.29 is 9.53 Å². The van der Waals surface area contributed by atoms with Gasteiger partial charge in [-0.05, 0) is 23.6 Å². The number of aryl methyl sites for hydroxylation is 1. The van der Waals surface area contributed by atoms with Gasteiger partial charge in [-0.1, -0.05) is 54.1 Å². The van der Waals surface area contributed by atoms with E-state index in [4.69, 9.17) is 10.5 Å². The summed E-state index contributed by atoms with van der Waals surface area (Å²) in [5.74, 6) is -0.0509. The Morgan fingerprint density at radius 3 is 2.52 bits per heavy atom. The van der Waals surface area contributed by atoms with Crippen molar-refractivity contribution in [3.05, 3.63) is 59.7 Å². The Kier molecular flexibility index (Phi) is 6.32. The van der Waals surface area contributed by atoms with Crippen molar-refractivity contribution in [2.75, 3.05) is 13.7 Å². The van der Waals surface area contributed by atoms with E-state index in [1.807, 2.05) is 12.1 Å². The molecule has 0 aliphatic carbocycles. The van der Waals surface area contributed by atoms with Crippen LogP contribution in [0.4, 0.5) is 0 Å². The molecular formula is C19H24N2O2. The predicted molar refractivity (Wildman–Crippen MR) is 92.9 cm³/mol. The van der Waals surface area contributed by atoms with Crippen LogP contribution >= 0.6 is 0 Å². The highest BCUT2D eigenvalue weighted by Gasteiger charge is 2.10. The molecule has 2 aromatic rings. The van der Waals surface area contributed by atoms with Gasteiger partial charge in [0.1, 0.15) is 0 Å². The Balaban J connectivity index is 1.91. The molecule has 0 aromatic heterocycles. The van der Waals surface area contributed by atoms with Crippen LogP contribution in [0.2, 0.25) is 0 Å². The summed E-state index contributed by atoms with van der Waals surface area (Å²) in [6.45, 7) is 2.94. The molecule has 2 aromatic carbocycles. The number of rotatable bonds is 7. The monoisotopic (exact) mass is 312 g/mol. The van der Waals surface area contributed by atoms with Crippen LogP contribution in [0.1, 0.15) is 17.5 Å². The Morgan fingerprint density at radius 1 is 1.17 bits per heavy atom. The van der Waals surface area contributed by atoms with Gasteiger partial charge in [-0.3, -0.25) is 4.79 Å². The number of carbonyl (C=O) groups is 1. The first-order valence-corrected chi connectivity index (χ1v) is 7.78. The van der Waals surface area contributed by atoms with Gasteiger partial charge >= 0.3 is 0 Å². The number of methoxy groups -OCH3 is 1. The summed E-state index contributed by atoms with van der Waals surface area (Å²) in [5, 5.41) is 2.89. The van der Waals surface area contributed by atoms with Crippen molar-refractivity contribution in [3.8, 4) is 11.1 Å². The molecule has 1 amide bonds. The third-order valence-electron chi connectivity index (χ3n) is 3.80. The van der Waals surface area contributed by atoms with E-state index < -0.39 is 0 Å². The molecule has 122 valence electrons. The minimum atomic E-state index is -0.223. The topological polar surface area (TPSA) is 64.3 Å². The van der Waals surface area contributed by atoms with Crippen LogP contribution in [-0.2, 0) is 16.1 Å². The second-order valence-corrected chi connectivity index (χ2v) is 5.64. The zero-order chi connectivity index (χ0) is 16.7. The average Bonchev–Trinajstić information content (AvgIpc) is 2.58. The van der Waals surface area contributed by atoms with Crippen LogP contribution < -0.4 is 11.1 Å². The van der Waals surface area contributed by atoms with E-state index in [9.17, 15) is 4.79 Å². The van der Waals surface area contributed by atoms with Crippen LogP contribution in [0.25, 0.3) is 11.1 Å². The molecule has 0 bridgehead atoms. The molecule has 1 atom stereocenters. The molecule has 3 N–H and O–H groups in total. The Labute approximate surface area is 137 Å². The number of nitrogens with two attached hydrogens (primary N) is 1. The fourth-order valence-corrected chi connectivity index (χ4v) is 2.38. The summed E-state index contributed by atoms with van der Waals surface area (Å²) in [6.07, 6.45) is 0.0627. The third kappa shape index (κ3) is 5.20. The lowest BCUT2D eigenvalue weighted by Gasteiger charge is -2.12. The molecule has 2 rings (SSSR count). The highest BCUT2D eigenvalue weighted by atomic mass is 16.5. The largest absolute Gasteiger partial charge is 0.380 e. The highest BCUT2D eigenvalue weighted by Crippen LogP contribution is 2.20. The van der Waals surface area contributed by atoms with Crippen LogP contribution in [0.5, 0.6) is 0 Å². The van der Waals surface area contributed by atoms with Crippen molar-refractivity contribution in [2.24, 2.45) is 5.73 Å². The van der Waals surface area contributed by atoms with E-state index in [1.54, 1.807) is 7.11 Å². The molecule has 4 heteroatoms. The first-order valence-electron chi connectivity index (χ1n) is 7.78. The van der Waals surface area contributed by atoms with Gasteiger partial charge in [-0.25, -0.2) is 0 Å². The first-order chi connectivity index (χ1) is 11.1. The number of carbonyl (C=O) groups excluding carboxylic acids is 1. The lowest BCUT2D eigenvalue weighted by Crippen LogP contribution is -2.31. The Bertz CT molecular complexity index is 634. The van der Waals surface area contributed by atoms with Gasteiger partial charge in [0.05, 0.1) is 12.5 Å². The quantitative estimate of drug-likeness (QED) is 0.826. The molecule has 0 aliphatic rings. The molecule has 23 heavy (non-hydrogen) atoms. The van der Waals surface area contributed by atoms with E-state index in [1.165, 1.54) is 16.7 Å². The predicted octanol–water partition coefficient (Wildman–Crippen LogP) is 2.64. The van der Waals surface area contributed by atoms with Crippen LogP contribution in [-0.4, -0.2) is 25.7 Å². The number of ether oxygens (including phenoxy) is 1. The zero-order valence-corrected chi connectivity index (χ0v) is 13.7. The van der Waals surface area contributed by atoms with Gasteiger partial charge in [0, 0.05) is 20.2 Å². The molecular weight excluding hydrogens is 288 g/mol. The van der Waals surface area contributed by atoms with E-state index in [0.717, 1.165) is 5.56 Å². The van der Waals surface area contributed by atoms with Crippen molar-refractivity contribution in [1.82, 2.24) is 5.32 Å². The van der Waals surface area contributed by atoms with E-state index in [0.29, 0.717) is 13.1 Å². The molecule has 0 spiro atoms. The van der Waals surface area contributed by atoms with Crippen LogP contribution in [0.15, 0.2) is 48.5 Å². The molecule has 4 nitrogen and oxygen atoms in total. The fourth-order valence-electron chi connectivity index (χ4n) is 2.38. The number of amides is 1. The molecule has 0 saturated heterocycles. The van der Waals surface area contributed by atoms with Crippen LogP contribution in [0, 0.1) is 6.92 Å². The summed E-state index contributed by atoms with van der Waals surface area (Å²) in [7, 11) is 1.56. The van der Waals surface area contributed by atoms with Crippen LogP contribution in [0.3, 0.4) is 0 Å². The van der Waals surface area contributed by atoms with Crippen molar-refractivity contribution >= 4 is 5.91 Å². The third-order valence-corrected chi connectivity index (χ3v) is 3.80. The lowest BCUT2D eigenvalue weighted by molar-refractivity contribution is -0.123. The molecule has 0 heterocycles. The van der Waals surface area contributed by atoms with E-state index >= 15 is 0 Å². The average molecular weight is 312 g/mol. The fraction of sp³-hybridized carbons (Fsp3) is 0.316. The normalized spacial score (nSPS) is 12.0. The Hall–Kier alpha value is -2.17. The van der Waals surface area contributed by atoms with Crippen molar-refractivity contribution in [1.29, 1.82) is 0 Å². The summed E-state index contributed by atoms with van der Waals surface area (Å²) in [5.41, 5.74) is 10.2. The molecule has 0 fully saturated rings. The lowest BCUT2D eigenvalue weighted by atomic mass is 10.0. The Morgan fingerprint density at radius 2 is 1.91 bits per heavy atom. The number of hydrogen-bond donors (Lipinski definition) is 2. The zero-order valence-electron chi connectivity index (χ0n) is 13.7. The van der Waals surface area contributed by atoms with E-state index in [2.05, 4.69) is 48.6 Å². The van der Waals surface area contributed by atoms with Crippen molar-refractivity contribution in [3.63, 3.8) is 0 Å². The summed E-state index contributed by atoms with van der Waals surface area (Å²) < 4.78 is 5.11. The molecule has 0 saturated carbocycles. The minimum absolute atomic E-state index is 0.0509. The maximum atomic E-state index is 11.8. The first kappa shape index (κ1) is 17.2. The van der Waals surface area contributed by atoms with Crippen molar-refractivity contribution in [2.45, 2.75) is 26.0 Å². The van der Waals surface area contributed by atoms with Gasteiger partial charge in [0.15, 0.2) is 0 Å². The second kappa shape index (κ2) is 8.46. The maximum absolute atomic E-state index is 11.8. The molecule has 0 radical (unpaired) electrons. The SMILES string of the molecule is COC(CN)CC(=O)NCc1ccc(-c2cccc(C)c2)cc1. The summed E-state index contributed by atoms with van der Waals surface area (Å²) in [6, 6.07) is 16.6. The van der Waals surface area contributed by atoms with Gasteiger partial charge in [0.25, 0.3) is 0 Å². The number of nitrogens with one attached hydrogen (secondary N) is 1. The molecule has 0 aliphatic heterocycles. The smallest absolute Gasteiger partial charge is 0.222 e. The highest BCUT2D eigenvalue weighted by molar-refractivity contribution is 5.76. The second-order valence-electron chi connectivity index (χ2n) is 5.64. The van der Waals surface area contributed by atoms with Gasteiger partial charge in [-0.15, -0.1) is 0 Å². The maximum Gasteiger partial charge on any atom is 0.222 e. The number of hydrogen-bond acceptors (Lipinski definition) is 3.